The molecule has 0 unspecified atom stereocenters. The van der Waals surface area contributed by atoms with Crippen LogP contribution in [-0.4, -0.2) is 44.1 Å². The van der Waals surface area contributed by atoms with Crippen molar-refractivity contribution < 1.29 is 18.3 Å². The fraction of sp³-hybridized carbons (Fsp3) is 0.300. The van der Waals surface area contributed by atoms with E-state index in [0.29, 0.717) is 6.42 Å². The molecule has 0 spiro atoms. The summed E-state index contributed by atoms with van der Waals surface area (Å²) in [6, 6.07) is 13.9. The molecule has 2 aromatic carbocycles. The molecular weight excluding hydrogens is 350 g/mol. The van der Waals surface area contributed by atoms with E-state index < -0.39 is 16.1 Å². The lowest BCUT2D eigenvalue weighted by Gasteiger charge is -2.33. The van der Waals surface area contributed by atoms with Crippen molar-refractivity contribution in [2.45, 2.75) is 24.3 Å². The highest BCUT2D eigenvalue weighted by Gasteiger charge is 2.33. The van der Waals surface area contributed by atoms with E-state index in [0.717, 1.165) is 22.4 Å². The van der Waals surface area contributed by atoms with Crippen molar-refractivity contribution in [2.75, 3.05) is 20.3 Å². The van der Waals surface area contributed by atoms with Gasteiger partial charge in [0, 0.05) is 6.54 Å². The summed E-state index contributed by atoms with van der Waals surface area (Å²) in [5, 5.41) is 9.81. The monoisotopic (exact) mass is 373 g/mol. The van der Waals surface area contributed by atoms with Crippen molar-refractivity contribution in [1.29, 1.82) is 0 Å². The van der Waals surface area contributed by atoms with E-state index in [1.54, 1.807) is 31.4 Å². The fourth-order valence-electron chi connectivity index (χ4n) is 3.12. The Labute approximate surface area is 154 Å². The van der Waals surface area contributed by atoms with E-state index in [1.807, 2.05) is 37.3 Å². The fourth-order valence-corrected chi connectivity index (χ4v) is 4.68. The lowest BCUT2D eigenvalue weighted by Crippen LogP contribution is -2.44. The first-order valence-corrected chi connectivity index (χ1v) is 9.92. The normalized spacial score (nSPS) is 18.4. The first-order valence-electron chi connectivity index (χ1n) is 8.48. The van der Waals surface area contributed by atoms with E-state index in [2.05, 4.69) is 0 Å². The van der Waals surface area contributed by atoms with Crippen molar-refractivity contribution >= 4 is 15.6 Å². The molecule has 0 saturated heterocycles. The maximum atomic E-state index is 13.0. The van der Waals surface area contributed by atoms with Gasteiger partial charge in [-0.15, -0.1) is 0 Å². The van der Waals surface area contributed by atoms with Gasteiger partial charge in [0.1, 0.15) is 5.75 Å². The number of aryl methyl sites for hydroxylation is 1. The maximum absolute atomic E-state index is 13.0. The first kappa shape index (κ1) is 18.6. The molecule has 138 valence electrons. The van der Waals surface area contributed by atoms with Gasteiger partial charge < -0.3 is 9.84 Å². The van der Waals surface area contributed by atoms with Gasteiger partial charge in [-0.3, -0.25) is 0 Å². The molecule has 26 heavy (non-hydrogen) atoms. The lowest BCUT2D eigenvalue weighted by molar-refractivity contribution is 0.193. The molecule has 6 heteroatoms. The molecule has 0 aromatic heterocycles. The van der Waals surface area contributed by atoms with Crippen LogP contribution < -0.4 is 4.74 Å². The topological polar surface area (TPSA) is 66.8 Å². The minimum atomic E-state index is -3.65. The number of aliphatic hydroxyl groups excluding tert-OH is 1. The van der Waals surface area contributed by atoms with Gasteiger partial charge in [0.25, 0.3) is 0 Å². The Balaban J connectivity index is 1.88. The molecular formula is C20H23NO4S. The van der Waals surface area contributed by atoms with Gasteiger partial charge >= 0.3 is 0 Å². The van der Waals surface area contributed by atoms with Gasteiger partial charge in [-0.25, -0.2) is 8.42 Å². The molecule has 3 rings (SSSR count). The number of methoxy groups -OCH3 is 1. The highest BCUT2D eigenvalue weighted by Crippen LogP contribution is 2.31. The zero-order valence-electron chi connectivity index (χ0n) is 14.9. The molecule has 2 aromatic rings. The van der Waals surface area contributed by atoms with Crippen LogP contribution in [0.3, 0.4) is 0 Å². The number of aliphatic hydroxyl groups is 1. The third-order valence-corrected chi connectivity index (χ3v) is 6.61. The van der Waals surface area contributed by atoms with E-state index in [4.69, 9.17) is 4.74 Å². The van der Waals surface area contributed by atoms with Crippen LogP contribution in [0.25, 0.3) is 5.57 Å². The van der Waals surface area contributed by atoms with Gasteiger partial charge in [0.05, 0.1) is 24.7 Å². The third-order valence-electron chi connectivity index (χ3n) is 4.68. The number of nitrogens with zero attached hydrogens (tertiary/aromatic N) is 1. The summed E-state index contributed by atoms with van der Waals surface area (Å²) in [5.74, 6) is 0.771. The second-order valence-corrected chi connectivity index (χ2v) is 8.28. The van der Waals surface area contributed by atoms with Crippen LogP contribution in [0.1, 0.15) is 17.5 Å². The van der Waals surface area contributed by atoms with Gasteiger partial charge in [0.2, 0.25) is 10.0 Å². The molecule has 1 atom stereocenters. The quantitative estimate of drug-likeness (QED) is 0.875. The Morgan fingerprint density at radius 3 is 2.35 bits per heavy atom. The second kappa shape index (κ2) is 7.61. The number of sulfonamides is 1. The molecule has 1 N–H and O–H groups in total. The summed E-state index contributed by atoms with van der Waals surface area (Å²) in [5.41, 5.74) is 3.04. The SMILES string of the molecule is COc1ccc(C2=CCN(S(=O)(=O)c3ccc(C)cc3)[C@H](CO)C2)cc1. The summed E-state index contributed by atoms with van der Waals surface area (Å²) in [7, 11) is -2.03. The first-order chi connectivity index (χ1) is 12.5. The highest BCUT2D eigenvalue weighted by molar-refractivity contribution is 7.89. The number of hydrogen-bond donors (Lipinski definition) is 1. The van der Waals surface area contributed by atoms with Gasteiger partial charge in [-0.2, -0.15) is 4.31 Å². The van der Waals surface area contributed by atoms with Crippen LogP contribution in [0, 0.1) is 6.92 Å². The van der Waals surface area contributed by atoms with Crippen molar-refractivity contribution in [2.24, 2.45) is 0 Å². The van der Waals surface area contributed by atoms with Crippen molar-refractivity contribution in [3.05, 3.63) is 65.7 Å². The summed E-state index contributed by atoms with van der Waals surface area (Å²) >= 11 is 0. The summed E-state index contributed by atoms with van der Waals surface area (Å²) in [4.78, 5) is 0.253. The second-order valence-electron chi connectivity index (χ2n) is 6.39. The average Bonchev–Trinajstić information content (AvgIpc) is 2.68. The number of benzene rings is 2. The van der Waals surface area contributed by atoms with E-state index in [-0.39, 0.29) is 18.0 Å². The molecule has 0 saturated carbocycles. The van der Waals surface area contributed by atoms with Gasteiger partial charge in [-0.1, -0.05) is 35.9 Å². The Hall–Kier alpha value is -2.15. The zero-order valence-corrected chi connectivity index (χ0v) is 15.7. The Bertz CT molecular complexity index is 886. The van der Waals surface area contributed by atoms with Gasteiger partial charge in [-0.05, 0) is 48.7 Å². The van der Waals surface area contributed by atoms with Gasteiger partial charge in [0.15, 0.2) is 0 Å². The molecule has 0 amide bonds. The molecule has 5 nitrogen and oxygen atoms in total. The standard InChI is InChI=1S/C20H23NO4S/c1-15-3-9-20(10-4-15)26(23,24)21-12-11-17(13-18(21)14-22)16-5-7-19(25-2)8-6-16/h3-11,18,22H,12-14H2,1-2H3/t18-/m0/s1. The van der Waals surface area contributed by atoms with Crippen LogP contribution >= 0.6 is 0 Å². The number of hydrogen-bond acceptors (Lipinski definition) is 4. The Morgan fingerprint density at radius 1 is 1.12 bits per heavy atom. The van der Waals surface area contributed by atoms with E-state index in [9.17, 15) is 13.5 Å². The molecule has 0 bridgehead atoms. The third kappa shape index (κ3) is 3.67. The summed E-state index contributed by atoms with van der Waals surface area (Å²) in [6.07, 6.45) is 2.38. The number of rotatable bonds is 5. The molecule has 0 radical (unpaired) electrons. The van der Waals surface area contributed by atoms with Crippen LogP contribution in [0.4, 0.5) is 0 Å². The van der Waals surface area contributed by atoms with E-state index >= 15 is 0 Å². The largest absolute Gasteiger partial charge is 0.497 e. The predicted molar refractivity (Wildman–Crippen MR) is 102 cm³/mol. The minimum absolute atomic E-state index is 0.224. The molecule has 1 heterocycles. The number of ether oxygens (including phenoxy) is 1. The summed E-state index contributed by atoms with van der Waals surface area (Å²) < 4.78 is 32.5. The van der Waals surface area contributed by atoms with Crippen LogP contribution in [-0.2, 0) is 10.0 Å². The zero-order chi connectivity index (χ0) is 18.7. The Kier molecular flexibility index (Phi) is 5.46. The van der Waals surface area contributed by atoms with E-state index in [1.165, 1.54) is 4.31 Å². The van der Waals surface area contributed by atoms with Crippen LogP contribution in [0.15, 0.2) is 59.5 Å². The lowest BCUT2D eigenvalue weighted by atomic mass is 9.96. The molecule has 0 fully saturated rings. The predicted octanol–water partition coefficient (Wildman–Crippen LogP) is 2.84. The summed E-state index contributed by atoms with van der Waals surface area (Å²) in [6.45, 7) is 1.93. The average molecular weight is 373 g/mol. The smallest absolute Gasteiger partial charge is 0.243 e. The molecule has 1 aliphatic heterocycles. The van der Waals surface area contributed by atoms with Crippen molar-refractivity contribution in [3.63, 3.8) is 0 Å². The highest BCUT2D eigenvalue weighted by atomic mass is 32.2. The Morgan fingerprint density at radius 2 is 1.77 bits per heavy atom. The van der Waals surface area contributed by atoms with Crippen molar-refractivity contribution in [1.82, 2.24) is 4.31 Å². The minimum Gasteiger partial charge on any atom is -0.497 e. The molecule has 0 aliphatic carbocycles. The maximum Gasteiger partial charge on any atom is 0.243 e. The van der Waals surface area contributed by atoms with Crippen molar-refractivity contribution in [3.8, 4) is 5.75 Å². The van der Waals surface area contributed by atoms with Crippen LogP contribution in [0.5, 0.6) is 5.75 Å². The molecule has 1 aliphatic rings. The van der Waals surface area contributed by atoms with Crippen LogP contribution in [0.2, 0.25) is 0 Å².